The van der Waals surface area contributed by atoms with E-state index in [1.807, 2.05) is 12.1 Å². The van der Waals surface area contributed by atoms with Gasteiger partial charge in [0.15, 0.2) is 4.77 Å². The lowest BCUT2D eigenvalue weighted by Gasteiger charge is -2.18. The van der Waals surface area contributed by atoms with Crippen molar-refractivity contribution in [3.8, 4) is 0 Å². The van der Waals surface area contributed by atoms with Gasteiger partial charge in [-0.2, -0.15) is 0 Å². The van der Waals surface area contributed by atoms with Gasteiger partial charge in [0.05, 0.1) is 10.9 Å². The minimum atomic E-state index is -0.218. The van der Waals surface area contributed by atoms with Gasteiger partial charge in [-0.25, -0.2) is 4.39 Å². The van der Waals surface area contributed by atoms with Crippen molar-refractivity contribution in [3.63, 3.8) is 0 Å². The molecule has 0 bridgehead atoms. The van der Waals surface area contributed by atoms with E-state index in [0.29, 0.717) is 33.8 Å². The Morgan fingerprint density at radius 1 is 1.15 bits per heavy atom. The summed E-state index contributed by atoms with van der Waals surface area (Å²) in [7, 11) is 3.42. The van der Waals surface area contributed by atoms with Crippen molar-refractivity contribution >= 4 is 29.0 Å². The minimum Gasteiger partial charge on any atom is -0.342 e. The van der Waals surface area contributed by atoms with Crippen molar-refractivity contribution < 1.29 is 9.18 Å². The lowest BCUT2D eigenvalue weighted by atomic mass is 9.99. The van der Waals surface area contributed by atoms with E-state index in [1.165, 1.54) is 16.7 Å². The van der Waals surface area contributed by atoms with Gasteiger partial charge >= 0.3 is 0 Å². The number of H-pyrrole nitrogens is 1. The number of benzene rings is 2. The van der Waals surface area contributed by atoms with Crippen LogP contribution < -0.4 is 16.4 Å². The van der Waals surface area contributed by atoms with Gasteiger partial charge in [-0.1, -0.05) is 25.0 Å². The predicted molar refractivity (Wildman–Crippen MR) is 134 cm³/mol. The molecule has 0 aliphatic carbocycles. The van der Waals surface area contributed by atoms with Gasteiger partial charge in [-0.3, -0.25) is 25.0 Å². The molecule has 2 unspecified atom stereocenters. The molecule has 0 spiro atoms. The van der Waals surface area contributed by atoms with Crippen LogP contribution in [0.1, 0.15) is 54.1 Å². The minimum absolute atomic E-state index is 0.0781. The SMILES string of the molecule is CN(CCCCCC1CC(c2ccc(F)cc2)NN1)C(=O)c1ccc2c(=O)n(C)c(=S)[nH]c2c1. The van der Waals surface area contributed by atoms with E-state index in [9.17, 15) is 14.0 Å². The Morgan fingerprint density at radius 3 is 2.68 bits per heavy atom. The van der Waals surface area contributed by atoms with E-state index in [1.54, 1.807) is 37.2 Å². The first kappa shape index (κ1) is 24.3. The zero-order valence-electron chi connectivity index (χ0n) is 19.4. The van der Waals surface area contributed by atoms with Gasteiger partial charge < -0.3 is 9.88 Å². The van der Waals surface area contributed by atoms with E-state index >= 15 is 0 Å². The number of carbonyl (C=O) groups excluding carboxylic acids is 1. The summed E-state index contributed by atoms with van der Waals surface area (Å²) < 4.78 is 14.8. The summed E-state index contributed by atoms with van der Waals surface area (Å²) in [6.45, 7) is 0.665. The fraction of sp³-hybridized carbons (Fsp3) is 0.400. The van der Waals surface area contributed by atoms with E-state index < -0.39 is 0 Å². The Morgan fingerprint density at radius 2 is 1.91 bits per heavy atom. The van der Waals surface area contributed by atoms with Crippen molar-refractivity contribution in [3.05, 3.63) is 74.5 Å². The summed E-state index contributed by atoms with van der Waals surface area (Å²) in [5.41, 5.74) is 8.66. The van der Waals surface area contributed by atoms with Crippen LogP contribution in [0.15, 0.2) is 47.3 Å². The molecule has 180 valence electrons. The average molecular weight is 484 g/mol. The number of hydrogen-bond donors (Lipinski definition) is 3. The number of aromatic amines is 1. The van der Waals surface area contributed by atoms with Crippen LogP contribution in [-0.2, 0) is 7.05 Å². The smallest absolute Gasteiger partial charge is 0.261 e. The van der Waals surface area contributed by atoms with Crippen LogP contribution in [0.25, 0.3) is 10.9 Å². The number of halogens is 1. The molecule has 7 nitrogen and oxygen atoms in total. The van der Waals surface area contributed by atoms with Crippen LogP contribution in [0.2, 0.25) is 0 Å². The third-order valence-corrected chi connectivity index (χ3v) is 6.87. The number of aromatic nitrogens is 2. The van der Waals surface area contributed by atoms with E-state index in [4.69, 9.17) is 12.2 Å². The van der Waals surface area contributed by atoms with Crippen LogP contribution in [0, 0.1) is 10.6 Å². The Bertz CT molecular complexity index is 1290. The molecule has 3 N–H and O–H groups in total. The maximum Gasteiger partial charge on any atom is 0.261 e. The monoisotopic (exact) mass is 483 g/mol. The Kier molecular flexibility index (Phi) is 7.55. The van der Waals surface area contributed by atoms with Crippen molar-refractivity contribution in [2.45, 2.75) is 44.2 Å². The van der Waals surface area contributed by atoms with Gasteiger partial charge in [0.1, 0.15) is 5.82 Å². The second-order valence-electron chi connectivity index (χ2n) is 8.96. The first-order chi connectivity index (χ1) is 16.3. The molecule has 1 saturated heterocycles. The molecule has 0 radical (unpaired) electrons. The molecule has 9 heteroatoms. The second kappa shape index (κ2) is 10.6. The van der Waals surface area contributed by atoms with Gasteiger partial charge in [0.25, 0.3) is 11.5 Å². The van der Waals surface area contributed by atoms with Gasteiger partial charge in [0.2, 0.25) is 0 Å². The fourth-order valence-electron chi connectivity index (χ4n) is 4.40. The summed E-state index contributed by atoms with van der Waals surface area (Å²) in [6.07, 6.45) is 5.02. The number of hydrazine groups is 1. The zero-order chi connectivity index (χ0) is 24.2. The predicted octanol–water partition coefficient (Wildman–Crippen LogP) is 3.98. The number of amides is 1. The van der Waals surface area contributed by atoms with Crippen LogP contribution in [0.4, 0.5) is 4.39 Å². The van der Waals surface area contributed by atoms with Crippen LogP contribution in [-0.4, -0.2) is 40.0 Å². The molecule has 1 fully saturated rings. The average Bonchev–Trinajstić information content (AvgIpc) is 3.31. The van der Waals surface area contributed by atoms with Gasteiger partial charge in [-0.15, -0.1) is 0 Å². The van der Waals surface area contributed by atoms with Crippen molar-refractivity contribution in [1.29, 1.82) is 0 Å². The lowest BCUT2D eigenvalue weighted by molar-refractivity contribution is 0.0792. The second-order valence-corrected chi connectivity index (χ2v) is 9.34. The highest BCUT2D eigenvalue weighted by atomic mass is 32.1. The molecular formula is C25H30FN5O2S. The standard InChI is InChI=1S/C25H30FN5O2S/c1-30(23(32)17-9-12-20-22(14-17)27-25(34)31(2)24(20)33)13-5-3-4-6-19-15-21(29-28-19)16-7-10-18(26)11-8-16/h7-12,14,19,21,28-29H,3-6,13,15H2,1-2H3,(H,27,34). The number of nitrogens with zero attached hydrogens (tertiary/aromatic N) is 2. The molecule has 0 saturated carbocycles. The lowest BCUT2D eigenvalue weighted by Crippen LogP contribution is -2.30. The third kappa shape index (κ3) is 5.43. The van der Waals surface area contributed by atoms with Gasteiger partial charge in [-0.05, 0) is 67.4 Å². The normalized spacial score (nSPS) is 17.9. The quantitative estimate of drug-likeness (QED) is 0.334. The third-order valence-electron chi connectivity index (χ3n) is 6.49. The largest absolute Gasteiger partial charge is 0.342 e. The summed E-state index contributed by atoms with van der Waals surface area (Å²) >= 11 is 5.18. The number of nitrogens with one attached hydrogen (secondary N) is 3. The summed E-state index contributed by atoms with van der Waals surface area (Å²) in [5.74, 6) is -0.296. The summed E-state index contributed by atoms with van der Waals surface area (Å²) in [4.78, 5) is 29.9. The number of rotatable bonds is 8. The molecule has 2 aromatic carbocycles. The molecular weight excluding hydrogens is 453 g/mol. The number of fused-ring (bicyclic) bond motifs is 1. The van der Waals surface area contributed by atoms with Crippen molar-refractivity contribution in [2.24, 2.45) is 7.05 Å². The molecule has 1 aliphatic heterocycles. The molecule has 2 atom stereocenters. The van der Waals surface area contributed by atoms with Crippen molar-refractivity contribution in [2.75, 3.05) is 13.6 Å². The van der Waals surface area contributed by atoms with E-state index in [-0.39, 0.29) is 23.3 Å². The number of carbonyl (C=O) groups is 1. The van der Waals surface area contributed by atoms with E-state index in [2.05, 4.69) is 15.8 Å². The zero-order valence-corrected chi connectivity index (χ0v) is 20.3. The molecule has 1 aromatic heterocycles. The van der Waals surface area contributed by atoms with Crippen LogP contribution in [0.3, 0.4) is 0 Å². The van der Waals surface area contributed by atoms with Gasteiger partial charge in [0, 0.05) is 38.3 Å². The van der Waals surface area contributed by atoms with Crippen molar-refractivity contribution in [1.82, 2.24) is 25.3 Å². The summed E-state index contributed by atoms with van der Waals surface area (Å²) in [6, 6.07) is 12.3. The molecule has 3 aromatic rings. The Balaban J connectivity index is 1.22. The molecule has 1 aliphatic rings. The van der Waals surface area contributed by atoms with Crippen LogP contribution >= 0.6 is 12.2 Å². The fourth-order valence-corrected chi connectivity index (χ4v) is 4.60. The molecule has 4 rings (SSSR count). The molecule has 1 amide bonds. The summed E-state index contributed by atoms with van der Waals surface area (Å²) in [5, 5.41) is 0.506. The highest BCUT2D eigenvalue weighted by molar-refractivity contribution is 7.71. The van der Waals surface area contributed by atoms with E-state index in [0.717, 1.165) is 37.7 Å². The Labute approximate surface area is 203 Å². The highest BCUT2D eigenvalue weighted by Gasteiger charge is 2.24. The molecule has 34 heavy (non-hydrogen) atoms. The first-order valence-electron chi connectivity index (χ1n) is 11.6. The maximum atomic E-state index is 13.1. The number of unbranched alkanes of at least 4 members (excludes halogenated alkanes) is 2. The number of hydrogen-bond acceptors (Lipinski definition) is 5. The molecule has 2 heterocycles. The van der Waals surface area contributed by atoms with Crippen LogP contribution in [0.5, 0.6) is 0 Å². The Hall–Kier alpha value is -2.88. The highest BCUT2D eigenvalue weighted by Crippen LogP contribution is 2.24. The first-order valence-corrected chi connectivity index (χ1v) is 12.0. The maximum absolute atomic E-state index is 13.1. The topological polar surface area (TPSA) is 82.2 Å².